The van der Waals surface area contributed by atoms with E-state index in [2.05, 4.69) is 10.6 Å². The minimum Gasteiger partial charge on any atom is -0.490 e. The van der Waals surface area contributed by atoms with Crippen LogP contribution in [0, 0.1) is 10.1 Å². The number of hydrogen-bond donors (Lipinski definition) is 2. The molecule has 1 amide bonds. The predicted molar refractivity (Wildman–Crippen MR) is 121 cm³/mol. The van der Waals surface area contributed by atoms with E-state index in [0.29, 0.717) is 23.6 Å². The summed E-state index contributed by atoms with van der Waals surface area (Å²) in [6.45, 7) is 0.425. The lowest BCUT2D eigenvalue weighted by molar-refractivity contribution is -0.385. The Labute approximate surface area is 184 Å². The largest absolute Gasteiger partial charge is 0.490 e. The zero-order chi connectivity index (χ0) is 22.2. The molecular formula is C22H19N3O5S. The molecule has 31 heavy (non-hydrogen) atoms. The van der Waals surface area contributed by atoms with Gasteiger partial charge >= 0.3 is 5.69 Å². The summed E-state index contributed by atoms with van der Waals surface area (Å²) in [6.07, 6.45) is 0. The maximum Gasteiger partial charge on any atom is 0.312 e. The first-order chi connectivity index (χ1) is 15.0. The lowest BCUT2D eigenvalue weighted by atomic mass is 10.2. The molecule has 0 saturated carbocycles. The smallest absolute Gasteiger partial charge is 0.312 e. The highest BCUT2D eigenvalue weighted by atomic mass is 32.1. The minimum atomic E-state index is -0.562. The molecule has 0 aliphatic carbocycles. The van der Waals surface area contributed by atoms with Gasteiger partial charge in [-0.25, -0.2) is 0 Å². The van der Waals surface area contributed by atoms with E-state index in [1.807, 2.05) is 30.3 Å². The molecule has 3 aromatic carbocycles. The first-order valence-corrected chi connectivity index (χ1v) is 9.58. The van der Waals surface area contributed by atoms with Crippen LogP contribution in [-0.2, 0) is 6.61 Å². The number of nitro groups is 1. The molecule has 2 N–H and O–H groups in total. The minimum absolute atomic E-state index is 0.00821. The molecule has 0 unspecified atom stereocenters. The number of carbonyl (C=O) groups is 1. The molecule has 0 saturated heterocycles. The van der Waals surface area contributed by atoms with Crippen LogP contribution in [0.15, 0.2) is 72.8 Å². The number of carbonyl (C=O) groups excluding carboxylic acids is 1. The van der Waals surface area contributed by atoms with Gasteiger partial charge < -0.3 is 14.8 Å². The molecule has 0 aliphatic heterocycles. The van der Waals surface area contributed by atoms with Crippen LogP contribution in [0.5, 0.6) is 11.5 Å². The van der Waals surface area contributed by atoms with Crippen molar-refractivity contribution >= 4 is 34.6 Å². The number of amides is 1. The standard InChI is InChI=1S/C22H19N3O5S/c1-29-20-12-9-17(13-19(20)25(27)28)23-22(31)24-21(26)16-7-10-18(11-8-16)30-14-15-5-3-2-4-6-15/h2-13H,14H2,1H3,(H2,23,24,26,31). The van der Waals surface area contributed by atoms with E-state index < -0.39 is 10.8 Å². The third-order valence-corrected chi connectivity index (χ3v) is 4.43. The van der Waals surface area contributed by atoms with Gasteiger partial charge in [0.2, 0.25) is 0 Å². The average molecular weight is 437 g/mol. The van der Waals surface area contributed by atoms with E-state index in [0.717, 1.165) is 5.56 Å². The van der Waals surface area contributed by atoms with Crippen LogP contribution in [0.3, 0.4) is 0 Å². The molecule has 158 valence electrons. The Hall–Kier alpha value is -3.98. The summed E-state index contributed by atoms with van der Waals surface area (Å²) in [5, 5.41) is 16.4. The van der Waals surface area contributed by atoms with Crippen molar-refractivity contribution < 1.29 is 19.2 Å². The van der Waals surface area contributed by atoms with Crippen LogP contribution in [0.25, 0.3) is 0 Å². The predicted octanol–water partition coefficient (Wildman–Crippen LogP) is 4.31. The number of nitro benzene ring substituents is 1. The average Bonchev–Trinajstić information content (AvgIpc) is 2.78. The first kappa shape index (κ1) is 21.7. The molecule has 0 aromatic heterocycles. The van der Waals surface area contributed by atoms with E-state index in [1.165, 1.54) is 19.2 Å². The summed E-state index contributed by atoms with van der Waals surface area (Å²) in [5.41, 5.74) is 1.56. The van der Waals surface area contributed by atoms with Gasteiger partial charge in [-0.05, 0) is 54.2 Å². The molecule has 0 atom stereocenters. The number of rotatable bonds is 7. The summed E-state index contributed by atoms with van der Waals surface area (Å²) in [6, 6.07) is 20.7. The summed E-state index contributed by atoms with van der Waals surface area (Å²) >= 11 is 5.14. The van der Waals surface area contributed by atoms with Crippen LogP contribution in [0.2, 0.25) is 0 Å². The van der Waals surface area contributed by atoms with Gasteiger partial charge in [-0.15, -0.1) is 0 Å². The zero-order valence-corrected chi connectivity index (χ0v) is 17.3. The lowest BCUT2D eigenvalue weighted by Crippen LogP contribution is -2.34. The van der Waals surface area contributed by atoms with Crippen LogP contribution in [-0.4, -0.2) is 23.1 Å². The number of nitrogens with one attached hydrogen (secondary N) is 2. The lowest BCUT2D eigenvalue weighted by Gasteiger charge is -2.11. The van der Waals surface area contributed by atoms with Crippen LogP contribution < -0.4 is 20.1 Å². The molecule has 0 radical (unpaired) electrons. The van der Waals surface area contributed by atoms with Crippen molar-refractivity contribution in [3.8, 4) is 11.5 Å². The van der Waals surface area contributed by atoms with Crippen LogP contribution in [0.4, 0.5) is 11.4 Å². The highest BCUT2D eigenvalue weighted by Gasteiger charge is 2.16. The van der Waals surface area contributed by atoms with E-state index in [9.17, 15) is 14.9 Å². The van der Waals surface area contributed by atoms with E-state index in [4.69, 9.17) is 21.7 Å². The Bertz CT molecular complexity index is 1090. The molecule has 0 aliphatic rings. The SMILES string of the molecule is COc1ccc(NC(=S)NC(=O)c2ccc(OCc3ccccc3)cc2)cc1[N+](=O)[O-]. The van der Waals surface area contributed by atoms with Crippen molar-refractivity contribution in [2.75, 3.05) is 12.4 Å². The van der Waals surface area contributed by atoms with Gasteiger partial charge in [0, 0.05) is 17.3 Å². The third kappa shape index (κ3) is 6.00. The van der Waals surface area contributed by atoms with E-state index >= 15 is 0 Å². The summed E-state index contributed by atoms with van der Waals surface area (Å²) in [5.74, 6) is 0.335. The number of benzene rings is 3. The highest BCUT2D eigenvalue weighted by Crippen LogP contribution is 2.29. The number of hydrogen-bond acceptors (Lipinski definition) is 6. The van der Waals surface area contributed by atoms with Gasteiger partial charge in [0.1, 0.15) is 12.4 Å². The van der Waals surface area contributed by atoms with Crippen molar-refractivity contribution in [1.29, 1.82) is 0 Å². The Morgan fingerprint density at radius 3 is 2.42 bits per heavy atom. The molecule has 0 bridgehead atoms. The van der Waals surface area contributed by atoms with Gasteiger partial charge in [0.25, 0.3) is 5.91 Å². The molecule has 3 rings (SSSR count). The van der Waals surface area contributed by atoms with Gasteiger partial charge in [0.15, 0.2) is 10.9 Å². The summed E-state index contributed by atoms with van der Waals surface area (Å²) in [4.78, 5) is 23.0. The number of nitrogens with zero attached hydrogens (tertiary/aromatic N) is 1. The monoisotopic (exact) mass is 437 g/mol. The summed E-state index contributed by atoms with van der Waals surface area (Å²) < 4.78 is 10.7. The van der Waals surface area contributed by atoms with Crippen molar-refractivity contribution in [3.05, 3.63) is 94.0 Å². The fraction of sp³-hybridized carbons (Fsp3) is 0.0909. The molecule has 0 heterocycles. The summed E-state index contributed by atoms with van der Waals surface area (Å²) in [7, 11) is 1.35. The fourth-order valence-corrected chi connectivity index (χ4v) is 2.90. The van der Waals surface area contributed by atoms with E-state index in [-0.39, 0.29) is 16.5 Å². The Morgan fingerprint density at radius 2 is 1.77 bits per heavy atom. The Balaban J connectivity index is 1.56. The second kappa shape index (κ2) is 10.2. The van der Waals surface area contributed by atoms with Crippen LogP contribution in [0.1, 0.15) is 15.9 Å². The second-order valence-electron chi connectivity index (χ2n) is 6.35. The molecule has 9 heteroatoms. The maximum atomic E-state index is 12.4. The number of anilines is 1. The molecule has 0 spiro atoms. The van der Waals surface area contributed by atoms with Gasteiger partial charge in [-0.1, -0.05) is 30.3 Å². The van der Waals surface area contributed by atoms with Gasteiger partial charge in [-0.2, -0.15) is 0 Å². The zero-order valence-electron chi connectivity index (χ0n) is 16.5. The highest BCUT2D eigenvalue weighted by molar-refractivity contribution is 7.80. The van der Waals surface area contributed by atoms with Crippen molar-refractivity contribution in [1.82, 2.24) is 5.32 Å². The van der Waals surface area contributed by atoms with Gasteiger partial charge in [0.05, 0.1) is 12.0 Å². The molecule has 3 aromatic rings. The quantitative estimate of drug-likeness (QED) is 0.323. The fourth-order valence-electron chi connectivity index (χ4n) is 2.69. The van der Waals surface area contributed by atoms with E-state index in [1.54, 1.807) is 30.3 Å². The normalized spacial score (nSPS) is 10.1. The van der Waals surface area contributed by atoms with Crippen molar-refractivity contribution in [2.24, 2.45) is 0 Å². The Kier molecular flexibility index (Phi) is 7.13. The molecular weight excluding hydrogens is 418 g/mol. The number of methoxy groups -OCH3 is 1. The molecule has 0 fully saturated rings. The third-order valence-electron chi connectivity index (χ3n) is 4.23. The second-order valence-corrected chi connectivity index (χ2v) is 6.76. The topological polar surface area (TPSA) is 103 Å². The first-order valence-electron chi connectivity index (χ1n) is 9.18. The number of thiocarbonyl (C=S) groups is 1. The Morgan fingerprint density at radius 1 is 1.06 bits per heavy atom. The van der Waals surface area contributed by atoms with Gasteiger partial charge in [-0.3, -0.25) is 20.2 Å². The van der Waals surface area contributed by atoms with Crippen molar-refractivity contribution in [3.63, 3.8) is 0 Å². The van der Waals surface area contributed by atoms with Crippen LogP contribution >= 0.6 is 12.2 Å². The number of ether oxygens (including phenoxy) is 2. The maximum absolute atomic E-state index is 12.4. The molecule has 8 nitrogen and oxygen atoms in total. The van der Waals surface area contributed by atoms with Crippen molar-refractivity contribution in [2.45, 2.75) is 6.61 Å².